The van der Waals surface area contributed by atoms with E-state index in [1.54, 1.807) is 12.1 Å². The van der Waals surface area contributed by atoms with Gasteiger partial charge in [-0.15, -0.1) is 11.3 Å². The molecular formula is C20H17Cl2N3O3S2. The zero-order valence-electron chi connectivity index (χ0n) is 16.0. The second-order valence-corrected chi connectivity index (χ2v) is 8.57. The maximum atomic E-state index is 12.4. The second kappa shape index (κ2) is 9.61. The van der Waals surface area contributed by atoms with E-state index in [0.29, 0.717) is 20.7 Å². The number of nitrogens with one attached hydrogen (secondary N) is 3. The van der Waals surface area contributed by atoms with E-state index in [4.69, 9.17) is 40.2 Å². The number of hydrogen-bond donors (Lipinski definition) is 3. The monoisotopic (exact) mass is 481 g/mol. The van der Waals surface area contributed by atoms with Gasteiger partial charge in [-0.25, -0.2) is 0 Å². The molecule has 156 valence electrons. The zero-order chi connectivity index (χ0) is 21.8. The molecule has 0 spiro atoms. The summed E-state index contributed by atoms with van der Waals surface area (Å²) in [6.07, 6.45) is 0. The van der Waals surface area contributed by atoms with E-state index in [1.165, 1.54) is 11.3 Å². The summed E-state index contributed by atoms with van der Waals surface area (Å²) >= 11 is 18.7. The summed E-state index contributed by atoms with van der Waals surface area (Å²) in [6, 6.07) is 10.9. The van der Waals surface area contributed by atoms with Gasteiger partial charge in [0.15, 0.2) is 11.7 Å². The normalized spacial score (nSPS) is 10.5. The molecule has 30 heavy (non-hydrogen) atoms. The number of aryl methyl sites for hydroxylation is 2. The first-order chi connectivity index (χ1) is 14.3. The van der Waals surface area contributed by atoms with Crippen molar-refractivity contribution in [3.8, 4) is 5.75 Å². The van der Waals surface area contributed by atoms with Gasteiger partial charge < -0.3 is 4.74 Å². The number of fused-ring (bicyclic) bond motifs is 1. The van der Waals surface area contributed by atoms with Crippen molar-refractivity contribution in [1.82, 2.24) is 16.2 Å². The molecule has 0 saturated carbocycles. The Hall–Kier alpha value is -2.39. The third-order valence-corrected chi connectivity index (χ3v) is 6.54. The number of carbonyl (C=O) groups is 2. The van der Waals surface area contributed by atoms with Crippen molar-refractivity contribution >= 4 is 73.8 Å². The Morgan fingerprint density at radius 1 is 1.07 bits per heavy atom. The van der Waals surface area contributed by atoms with Crippen LogP contribution in [0.25, 0.3) is 10.1 Å². The predicted molar refractivity (Wildman–Crippen MR) is 125 cm³/mol. The third-order valence-electron chi connectivity index (χ3n) is 4.06. The first-order valence-electron chi connectivity index (χ1n) is 8.73. The van der Waals surface area contributed by atoms with Crippen LogP contribution in [0, 0.1) is 13.8 Å². The fourth-order valence-corrected chi connectivity index (χ4v) is 4.32. The second-order valence-electron chi connectivity index (χ2n) is 6.36. The molecule has 0 radical (unpaired) electrons. The van der Waals surface area contributed by atoms with Crippen molar-refractivity contribution < 1.29 is 14.3 Å². The van der Waals surface area contributed by atoms with E-state index in [-0.39, 0.29) is 11.7 Å². The molecule has 2 aromatic carbocycles. The van der Waals surface area contributed by atoms with Gasteiger partial charge in [-0.2, -0.15) is 0 Å². The molecule has 0 aliphatic rings. The Kier molecular flexibility index (Phi) is 7.14. The molecule has 0 aliphatic carbocycles. The number of carbonyl (C=O) groups excluding carboxylic acids is 2. The van der Waals surface area contributed by atoms with Gasteiger partial charge in [-0.1, -0.05) is 41.4 Å². The Bertz CT molecular complexity index is 1120. The average Bonchev–Trinajstić information content (AvgIpc) is 3.05. The number of amides is 2. The third kappa shape index (κ3) is 5.20. The van der Waals surface area contributed by atoms with Crippen LogP contribution in [0.5, 0.6) is 5.75 Å². The minimum absolute atomic E-state index is 0.0694. The summed E-state index contributed by atoms with van der Waals surface area (Å²) in [7, 11) is 0. The molecular weight excluding hydrogens is 465 g/mol. The maximum Gasteiger partial charge on any atom is 0.276 e. The largest absolute Gasteiger partial charge is 0.484 e. The Morgan fingerprint density at radius 3 is 2.40 bits per heavy atom. The molecule has 10 heteroatoms. The molecule has 0 atom stereocenters. The van der Waals surface area contributed by atoms with Crippen molar-refractivity contribution in [2.45, 2.75) is 13.8 Å². The number of ether oxygens (including phenoxy) is 1. The Balaban J connectivity index is 1.49. The number of halogens is 2. The Morgan fingerprint density at radius 2 is 1.73 bits per heavy atom. The SMILES string of the molecule is Cc1cc(OCC(=O)NNC(=S)NC(=O)c2sc3ccccc3c2Cl)cc(C)c1Cl. The minimum atomic E-state index is -0.475. The molecule has 6 nitrogen and oxygen atoms in total. The smallest absolute Gasteiger partial charge is 0.276 e. The quantitative estimate of drug-likeness (QED) is 0.376. The van der Waals surface area contributed by atoms with E-state index < -0.39 is 11.8 Å². The summed E-state index contributed by atoms with van der Waals surface area (Å²) in [5.74, 6) is -0.409. The lowest BCUT2D eigenvalue weighted by molar-refractivity contribution is -0.123. The summed E-state index contributed by atoms with van der Waals surface area (Å²) in [5.41, 5.74) is 6.54. The number of rotatable bonds is 4. The lowest BCUT2D eigenvalue weighted by Gasteiger charge is -2.12. The van der Waals surface area contributed by atoms with Crippen LogP contribution in [0.2, 0.25) is 10.0 Å². The molecule has 0 fully saturated rings. The van der Waals surface area contributed by atoms with Crippen molar-refractivity contribution in [3.05, 3.63) is 62.4 Å². The van der Waals surface area contributed by atoms with Crippen LogP contribution in [0.15, 0.2) is 36.4 Å². The molecule has 2 amide bonds. The van der Waals surface area contributed by atoms with Crippen molar-refractivity contribution in [1.29, 1.82) is 0 Å². The van der Waals surface area contributed by atoms with Gasteiger partial charge in [0.1, 0.15) is 10.6 Å². The van der Waals surface area contributed by atoms with Gasteiger partial charge in [-0.3, -0.25) is 25.8 Å². The highest BCUT2D eigenvalue weighted by Crippen LogP contribution is 2.34. The topological polar surface area (TPSA) is 79.5 Å². The van der Waals surface area contributed by atoms with Crippen LogP contribution in [-0.2, 0) is 4.79 Å². The molecule has 3 N–H and O–H groups in total. The fraction of sp³-hybridized carbons (Fsp3) is 0.150. The van der Waals surface area contributed by atoms with Gasteiger partial charge in [0.25, 0.3) is 11.8 Å². The number of hydrogen-bond acceptors (Lipinski definition) is 5. The van der Waals surface area contributed by atoms with Crippen LogP contribution in [-0.4, -0.2) is 23.5 Å². The molecule has 0 unspecified atom stereocenters. The first-order valence-corrected chi connectivity index (χ1v) is 10.7. The van der Waals surface area contributed by atoms with E-state index in [2.05, 4.69) is 16.2 Å². The van der Waals surface area contributed by atoms with E-state index >= 15 is 0 Å². The highest BCUT2D eigenvalue weighted by atomic mass is 35.5. The van der Waals surface area contributed by atoms with Crippen LogP contribution in [0.4, 0.5) is 0 Å². The van der Waals surface area contributed by atoms with Crippen LogP contribution < -0.4 is 20.9 Å². The molecule has 3 aromatic rings. The van der Waals surface area contributed by atoms with E-state index in [9.17, 15) is 9.59 Å². The average molecular weight is 482 g/mol. The molecule has 3 rings (SSSR count). The molecule has 0 bridgehead atoms. The highest BCUT2D eigenvalue weighted by Gasteiger charge is 2.18. The number of hydrazine groups is 1. The van der Waals surface area contributed by atoms with Crippen LogP contribution in [0.1, 0.15) is 20.8 Å². The van der Waals surface area contributed by atoms with Gasteiger partial charge in [0.2, 0.25) is 0 Å². The van der Waals surface area contributed by atoms with Gasteiger partial charge >= 0.3 is 0 Å². The zero-order valence-corrected chi connectivity index (χ0v) is 19.1. The van der Waals surface area contributed by atoms with Gasteiger partial charge in [0, 0.05) is 15.1 Å². The Labute approximate surface area is 192 Å². The number of benzene rings is 2. The van der Waals surface area contributed by atoms with E-state index in [0.717, 1.165) is 21.2 Å². The predicted octanol–water partition coefficient (Wildman–Crippen LogP) is 4.54. The van der Waals surface area contributed by atoms with Gasteiger partial charge in [-0.05, 0) is 55.4 Å². The summed E-state index contributed by atoms with van der Waals surface area (Å²) < 4.78 is 6.35. The maximum absolute atomic E-state index is 12.4. The van der Waals surface area contributed by atoms with Crippen LogP contribution in [0.3, 0.4) is 0 Å². The van der Waals surface area contributed by atoms with Crippen LogP contribution >= 0.6 is 46.8 Å². The minimum Gasteiger partial charge on any atom is -0.484 e. The molecule has 0 saturated heterocycles. The number of thiocarbonyl (C=S) groups is 1. The lowest BCUT2D eigenvalue weighted by Crippen LogP contribution is -2.49. The summed E-state index contributed by atoms with van der Waals surface area (Å²) in [6.45, 7) is 3.47. The van der Waals surface area contributed by atoms with Crippen molar-refractivity contribution in [3.63, 3.8) is 0 Å². The van der Waals surface area contributed by atoms with Crippen molar-refractivity contribution in [2.75, 3.05) is 6.61 Å². The summed E-state index contributed by atoms with van der Waals surface area (Å²) in [4.78, 5) is 24.7. The van der Waals surface area contributed by atoms with Crippen molar-refractivity contribution in [2.24, 2.45) is 0 Å². The first kappa shape index (κ1) is 22.3. The molecule has 0 aliphatic heterocycles. The standard InChI is InChI=1S/C20H17Cl2N3O3S2/c1-10-7-12(8-11(2)16(10)21)28-9-15(26)24-25-20(29)23-19(27)18-17(22)13-5-3-4-6-14(13)30-18/h3-8H,9H2,1-2H3,(H,24,26)(H2,23,25,27,29). The number of thiophene rings is 1. The molecule has 1 heterocycles. The van der Waals surface area contributed by atoms with Gasteiger partial charge in [0.05, 0.1) is 5.02 Å². The lowest BCUT2D eigenvalue weighted by atomic mass is 10.1. The fourth-order valence-electron chi connectivity index (χ4n) is 2.65. The van der Waals surface area contributed by atoms with E-state index in [1.807, 2.05) is 38.1 Å². The summed E-state index contributed by atoms with van der Waals surface area (Å²) in [5, 5.41) is 4.24. The molecule has 1 aromatic heterocycles. The highest BCUT2D eigenvalue weighted by molar-refractivity contribution is 7.80.